The lowest BCUT2D eigenvalue weighted by Gasteiger charge is -2.36. The second kappa shape index (κ2) is 5.61. The summed E-state index contributed by atoms with van der Waals surface area (Å²) in [6.07, 6.45) is 4.10. The molecule has 0 aliphatic carbocycles. The van der Waals surface area contributed by atoms with Crippen molar-refractivity contribution in [3.05, 3.63) is 23.7 Å². The number of carboxylic acid groups (broad SMARTS) is 1. The first-order chi connectivity index (χ1) is 7.90. The van der Waals surface area contributed by atoms with Crippen LogP contribution in [0.1, 0.15) is 20.3 Å². The molecule has 0 aromatic heterocycles. The summed E-state index contributed by atoms with van der Waals surface area (Å²) in [4.78, 5) is 12.6. The van der Waals surface area contributed by atoms with E-state index >= 15 is 0 Å². The second-order valence-corrected chi connectivity index (χ2v) is 4.87. The minimum atomic E-state index is -1.13. The lowest BCUT2D eigenvalue weighted by Crippen LogP contribution is -2.40. The largest absolute Gasteiger partial charge is 0.477 e. The zero-order valence-electron chi connectivity index (χ0n) is 10.4. The molecule has 1 aliphatic rings. The number of rotatable bonds is 3. The van der Waals surface area contributed by atoms with Gasteiger partial charge >= 0.3 is 5.97 Å². The van der Waals surface area contributed by atoms with Crippen LogP contribution in [0.5, 0.6) is 0 Å². The molecule has 0 aromatic rings. The Hall–Kier alpha value is -1.65. The van der Waals surface area contributed by atoms with Gasteiger partial charge in [0.2, 0.25) is 0 Å². The molecule has 17 heavy (non-hydrogen) atoms. The Labute approximate surface area is 102 Å². The van der Waals surface area contributed by atoms with E-state index in [1.165, 1.54) is 12.5 Å². The molecule has 0 bridgehead atoms. The summed E-state index contributed by atoms with van der Waals surface area (Å²) in [6, 6.07) is 0. The number of nitrogens with two attached hydrogens (primary N) is 2. The van der Waals surface area contributed by atoms with E-state index in [4.69, 9.17) is 16.6 Å². The van der Waals surface area contributed by atoms with Gasteiger partial charge in [0.15, 0.2) is 0 Å². The molecule has 0 radical (unpaired) electrons. The summed E-state index contributed by atoms with van der Waals surface area (Å²) in [5.41, 5.74) is 11.0. The van der Waals surface area contributed by atoms with Gasteiger partial charge in [-0.25, -0.2) is 4.79 Å². The topological polar surface area (TPSA) is 92.6 Å². The maximum Gasteiger partial charge on any atom is 0.351 e. The highest BCUT2D eigenvalue weighted by atomic mass is 16.4. The fourth-order valence-electron chi connectivity index (χ4n) is 2.23. The smallest absolute Gasteiger partial charge is 0.351 e. The molecule has 0 amide bonds. The summed E-state index contributed by atoms with van der Waals surface area (Å²) >= 11 is 0. The Balaban J connectivity index is 2.69. The van der Waals surface area contributed by atoms with E-state index in [0.717, 1.165) is 13.1 Å². The Bertz CT molecular complexity index is 340. The molecule has 5 N–H and O–H groups in total. The molecule has 0 aromatic carbocycles. The fourth-order valence-corrected chi connectivity index (χ4v) is 2.23. The van der Waals surface area contributed by atoms with Crippen LogP contribution in [0.4, 0.5) is 0 Å². The van der Waals surface area contributed by atoms with Crippen LogP contribution in [0.25, 0.3) is 0 Å². The number of carboxylic acids is 1. The molecule has 1 aliphatic heterocycles. The van der Waals surface area contributed by atoms with Gasteiger partial charge in [-0.05, 0) is 30.4 Å². The van der Waals surface area contributed by atoms with Crippen LogP contribution >= 0.6 is 0 Å². The third-order valence-corrected chi connectivity index (χ3v) is 2.91. The minimum absolute atomic E-state index is 0.203. The Kier molecular flexibility index (Phi) is 4.43. The lowest BCUT2D eigenvalue weighted by molar-refractivity contribution is -0.132. The van der Waals surface area contributed by atoms with Crippen LogP contribution < -0.4 is 11.5 Å². The lowest BCUT2D eigenvalue weighted by atomic mass is 9.92. The molecule has 0 spiro atoms. The number of allylic oxidation sites excluding steroid dienone is 2. The predicted molar refractivity (Wildman–Crippen MR) is 66.7 cm³/mol. The molecule has 2 atom stereocenters. The molecule has 0 saturated carbocycles. The van der Waals surface area contributed by atoms with Crippen molar-refractivity contribution >= 4 is 5.97 Å². The van der Waals surface area contributed by atoms with E-state index in [2.05, 4.69) is 18.7 Å². The molecule has 1 fully saturated rings. The Morgan fingerprint density at radius 1 is 1.24 bits per heavy atom. The average molecular weight is 239 g/mol. The maximum absolute atomic E-state index is 10.5. The molecule has 1 rings (SSSR count). The zero-order chi connectivity index (χ0) is 13.0. The van der Waals surface area contributed by atoms with Crippen LogP contribution in [-0.4, -0.2) is 29.1 Å². The van der Waals surface area contributed by atoms with Crippen molar-refractivity contribution in [2.24, 2.45) is 23.3 Å². The van der Waals surface area contributed by atoms with Crippen LogP contribution in [0.15, 0.2) is 23.7 Å². The molecule has 2 unspecified atom stereocenters. The van der Waals surface area contributed by atoms with Gasteiger partial charge in [0, 0.05) is 13.1 Å². The second-order valence-electron chi connectivity index (χ2n) is 4.87. The molecule has 96 valence electrons. The molecule has 1 heterocycles. The van der Waals surface area contributed by atoms with E-state index in [0.29, 0.717) is 17.7 Å². The molecule has 5 heteroatoms. The van der Waals surface area contributed by atoms with Crippen LogP contribution in [0, 0.1) is 11.8 Å². The Morgan fingerprint density at radius 3 is 2.24 bits per heavy atom. The minimum Gasteiger partial charge on any atom is -0.477 e. The summed E-state index contributed by atoms with van der Waals surface area (Å²) in [5.74, 6) is 0.653. The highest BCUT2D eigenvalue weighted by molar-refractivity contribution is 5.85. The third-order valence-electron chi connectivity index (χ3n) is 2.91. The highest BCUT2D eigenvalue weighted by Crippen LogP contribution is 2.22. The van der Waals surface area contributed by atoms with Crippen molar-refractivity contribution < 1.29 is 9.90 Å². The van der Waals surface area contributed by atoms with Crippen LogP contribution in [-0.2, 0) is 4.79 Å². The highest BCUT2D eigenvalue weighted by Gasteiger charge is 2.21. The summed E-state index contributed by atoms with van der Waals surface area (Å²) in [5, 5.41) is 8.61. The Morgan fingerprint density at radius 2 is 1.76 bits per heavy atom. The average Bonchev–Trinajstić information content (AvgIpc) is 2.23. The first-order valence-corrected chi connectivity index (χ1v) is 5.81. The van der Waals surface area contributed by atoms with Crippen LogP contribution in [0.3, 0.4) is 0 Å². The quantitative estimate of drug-likeness (QED) is 0.498. The number of likely N-dealkylation sites (tertiary alicyclic amines) is 1. The van der Waals surface area contributed by atoms with Crippen molar-refractivity contribution in [1.82, 2.24) is 4.90 Å². The van der Waals surface area contributed by atoms with Gasteiger partial charge in [-0.3, -0.25) is 0 Å². The maximum atomic E-state index is 10.5. The summed E-state index contributed by atoms with van der Waals surface area (Å²) in [6.45, 7) is 6.20. The summed E-state index contributed by atoms with van der Waals surface area (Å²) < 4.78 is 0. The molecular weight excluding hydrogens is 218 g/mol. The number of hydrogen-bond donors (Lipinski definition) is 3. The predicted octanol–water partition coefficient (Wildman–Crippen LogP) is 0.692. The van der Waals surface area contributed by atoms with Gasteiger partial charge in [0.05, 0.1) is 5.82 Å². The van der Waals surface area contributed by atoms with E-state index in [-0.39, 0.29) is 5.70 Å². The first-order valence-electron chi connectivity index (χ1n) is 5.81. The SMILES string of the molecule is CC1CC(C)CN(/C(N)=C/C=C(\N)C(=O)O)C1. The van der Waals surface area contributed by atoms with E-state index < -0.39 is 5.97 Å². The number of hydrogen-bond acceptors (Lipinski definition) is 4. The molecule has 1 saturated heterocycles. The van der Waals surface area contributed by atoms with Crippen molar-refractivity contribution in [1.29, 1.82) is 0 Å². The molecular formula is C12H21N3O2. The van der Waals surface area contributed by atoms with Gasteiger partial charge in [-0.1, -0.05) is 13.8 Å². The number of piperidine rings is 1. The van der Waals surface area contributed by atoms with Crippen molar-refractivity contribution in [3.63, 3.8) is 0 Å². The van der Waals surface area contributed by atoms with Gasteiger partial charge in [0.25, 0.3) is 0 Å². The third kappa shape index (κ3) is 4.01. The monoisotopic (exact) mass is 239 g/mol. The van der Waals surface area contributed by atoms with Gasteiger partial charge < -0.3 is 21.5 Å². The van der Waals surface area contributed by atoms with E-state index in [9.17, 15) is 4.79 Å². The van der Waals surface area contributed by atoms with E-state index in [1.54, 1.807) is 6.08 Å². The fraction of sp³-hybridized carbons (Fsp3) is 0.583. The normalized spacial score (nSPS) is 27.1. The van der Waals surface area contributed by atoms with Gasteiger partial charge in [-0.2, -0.15) is 0 Å². The first kappa shape index (κ1) is 13.4. The standard InChI is InChI=1S/C12H21N3O2/c1-8-5-9(2)7-15(6-8)11(14)4-3-10(13)12(16)17/h3-4,8-9H,5-7,13-14H2,1-2H3,(H,16,17)/b10-3-,11-4+. The summed E-state index contributed by atoms with van der Waals surface area (Å²) in [7, 11) is 0. The zero-order valence-corrected chi connectivity index (χ0v) is 10.4. The van der Waals surface area contributed by atoms with Crippen molar-refractivity contribution in [2.45, 2.75) is 20.3 Å². The molecule has 5 nitrogen and oxygen atoms in total. The van der Waals surface area contributed by atoms with Gasteiger partial charge in [-0.15, -0.1) is 0 Å². The number of nitrogens with zero attached hydrogens (tertiary/aromatic N) is 1. The number of carbonyl (C=O) groups is 1. The van der Waals surface area contributed by atoms with Crippen molar-refractivity contribution in [2.75, 3.05) is 13.1 Å². The van der Waals surface area contributed by atoms with Crippen LogP contribution in [0.2, 0.25) is 0 Å². The number of aliphatic carboxylic acids is 1. The van der Waals surface area contributed by atoms with Gasteiger partial charge in [0.1, 0.15) is 5.70 Å². The van der Waals surface area contributed by atoms with Crippen molar-refractivity contribution in [3.8, 4) is 0 Å². The van der Waals surface area contributed by atoms with E-state index in [1.807, 2.05) is 0 Å².